The minimum Gasteiger partial charge on any atom is -0.497 e. The van der Waals surface area contributed by atoms with E-state index in [1.54, 1.807) is 7.11 Å². The van der Waals surface area contributed by atoms with Crippen LogP contribution < -0.4 is 10.1 Å². The maximum absolute atomic E-state index is 13.4. The van der Waals surface area contributed by atoms with Crippen molar-refractivity contribution in [3.8, 4) is 5.75 Å². The van der Waals surface area contributed by atoms with Gasteiger partial charge in [0.15, 0.2) is 0 Å². The number of hydrogen-bond donors (Lipinski definition) is 1. The van der Waals surface area contributed by atoms with Crippen LogP contribution in [0, 0.1) is 5.92 Å². The van der Waals surface area contributed by atoms with Crippen LogP contribution in [-0.4, -0.2) is 29.9 Å². The average molecular weight is 395 g/mol. The van der Waals surface area contributed by atoms with Crippen molar-refractivity contribution in [3.63, 3.8) is 0 Å². The van der Waals surface area contributed by atoms with Crippen molar-refractivity contribution in [1.82, 2.24) is 10.2 Å². The first-order chi connectivity index (χ1) is 14.0. The van der Waals surface area contributed by atoms with E-state index in [1.807, 2.05) is 47.4 Å². The van der Waals surface area contributed by atoms with Gasteiger partial charge in [0.05, 0.1) is 19.6 Å². The lowest BCUT2D eigenvalue weighted by Gasteiger charge is -2.31. The molecule has 5 heteroatoms. The Morgan fingerprint density at radius 2 is 1.76 bits per heavy atom. The SMILES string of the molecule is COc1ccc(C(CC(=O)N(Cc2ccccc2)C(C)C2CC2)NC(C)=O)cc1. The smallest absolute Gasteiger partial charge is 0.225 e. The molecule has 1 aliphatic rings. The van der Waals surface area contributed by atoms with Gasteiger partial charge in [0.1, 0.15) is 5.75 Å². The Bertz CT molecular complexity index is 816. The summed E-state index contributed by atoms with van der Waals surface area (Å²) in [5, 5.41) is 2.94. The molecule has 3 rings (SSSR count). The fourth-order valence-corrected chi connectivity index (χ4v) is 3.70. The van der Waals surface area contributed by atoms with Crippen LogP contribution in [0.15, 0.2) is 54.6 Å². The molecule has 0 aliphatic heterocycles. The quantitative estimate of drug-likeness (QED) is 0.697. The molecule has 2 aromatic carbocycles. The van der Waals surface area contributed by atoms with Crippen LogP contribution in [-0.2, 0) is 16.1 Å². The molecule has 1 fully saturated rings. The van der Waals surface area contributed by atoms with E-state index in [1.165, 1.54) is 19.8 Å². The van der Waals surface area contributed by atoms with E-state index in [0.717, 1.165) is 16.9 Å². The highest BCUT2D eigenvalue weighted by Crippen LogP contribution is 2.36. The Labute approximate surface area is 173 Å². The number of benzene rings is 2. The monoisotopic (exact) mass is 394 g/mol. The number of nitrogens with zero attached hydrogens (tertiary/aromatic N) is 1. The highest BCUT2D eigenvalue weighted by Gasteiger charge is 2.35. The Hall–Kier alpha value is -2.82. The number of amides is 2. The average Bonchev–Trinajstić information content (AvgIpc) is 3.57. The van der Waals surface area contributed by atoms with Gasteiger partial charge in [-0.3, -0.25) is 9.59 Å². The van der Waals surface area contributed by atoms with Crippen LogP contribution in [0.25, 0.3) is 0 Å². The van der Waals surface area contributed by atoms with Crippen molar-refractivity contribution in [2.24, 2.45) is 5.92 Å². The minimum atomic E-state index is -0.365. The lowest BCUT2D eigenvalue weighted by molar-refractivity contribution is -0.135. The Morgan fingerprint density at radius 1 is 1.10 bits per heavy atom. The van der Waals surface area contributed by atoms with Gasteiger partial charge in [0.2, 0.25) is 11.8 Å². The number of methoxy groups -OCH3 is 1. The third-order valence-corrected chi connectivity index (χ3v) is 5.59. The van der Waals surface area contributed by atoms with Gasteiger partial charge >= 0.3 is 0 Å². The number of rotatable bonds is 9. The topological polar surface area (TPSA) is 58.6 Å². The lowest BCUT2D eigenvalue weighted by Crippen LogP contribution is -2.41. The van der Waals surface area contributed by atoms with Gasteiger partial charge in [-0.15, -0.1) is 0 Å². The predicted octanol–water partition coefficient (Wildman–Crippen LogP) is 4.09. The molecule has 0 heterocycles. The van der Waals surface area contributed by atoms with E-state index in [4.69, 9.17) is 4.74 Å². The molecule has 0 spiro atoms. The summed E-state index contributed by atoms with van der Waals surface area (Å²) in [4.78, 5) is 27.1. The summed E-state index contributed by atoms with van der Waals surface area (Å²) in [5.41, 5.74) is 2.02. The second-order valence-electron chi connectivity index (χ2n) is 7.82. The van der Waals surface area contributed by atoms with Crippen LogP contribution in [0.5, 0.6) is 5.75 Å². The van der Waals surface area contributed by atoms with Crippen molar-refractivity contribution in [2.45, 2.75) is 51.7 Å². The second-order valence-corrected chi connectivity index (χ2v) is 7.82. The molecule has 1 aliphatic carbocycles. The summed E-state index contributed by atoms with van der Waals surface area (Å²) < 4.78 is 5.22. The standard InChI is InChI=1S/C24H30N2O3/c1-17(20-9-10-20)26(16-19-7-5-4-6-8-19)24(28)15-23(25-18(2)27)21-11-13-22(29-3)14-12-21/h4-8,11-14,17,20,23H,9-10,15-16H2,1-3H3,(H,25,27). The number of hydrogen-bond acceptors (Lipinski definition) is 3. The first-order valence-corrected chi connectivity index (χ1v) is 10.2. The van der Waals surface area contributed by atoms with Crippen molar-refractivity contribution >= 4 is 11.8 Å². The minimum absolute atomic E-state index is 0.0582. The highest BCUT2D eigenvalue weighted by molar-refractivity contribution is 5.79. The molecular weight excluding hydrogens is 364 g/mol. The zero-order valence-corrected chi connectivity index (χ0v) is 17.4. The molecule has 29 heavy (non-hydrogen) atoms. The number of carbonyl (C=O) groups is 2. The van der Waals surface area contributed by atoms with E-state index in [9.17, 15) is 9.59 Å². The molecule has 0 bridgehead atoms. The number of carbonyl (C=O) groups excluding carboxylic acids is 2. The highest BCUT2D eigenvalue weighted by atomic mass is 16.5. The van der Waals surface area contributed by atoms with Gasteiger partial charge in [-0.05, 0) is 48.9 Å². The zero-order chi connectivity index (χ0) is 20.8. The van der Waals surface area contributed by atoms with E-state index >= 15 is 0 Å². The van der Waals surface area contributed by atoms with Crippen LogP contribution in [0.4, 0.5) is 0 Å². The van der Waals surface area contributed by atoms with E-state index in [-0.39, 0.29) is 30.3 Å². The lowest BCUT2D eigenvalue weighted by atomic mass is 10.0. The molecule has 1 saturated carbocycles. The molecular formula is C24H30N2O3. The molecule has 2 unspecified atom stereocenters. The molecule has 154 valence electrons. The van der Waals surface area contributed by atoms with Gasteiger partial charge in [0, 0.05) is 19.5 Å². The van der Waals surface area contributed by atoms with Crippen molar-refractivity contribution in [2.75, 3.05) is 7.11 Å². The third kappa shape index (κ3) is 5.83. The molecule has 5 nitrogen and oxygen atoms in total. The summed E-state index contributed by atoms with van der Waals surface area (Å²) in [6.45, 7) is 4.21. The summed E-state index contributed by atoms with van der Waals surface area (Å²) in [6.07, 6.45) is 2.58. The van der Waals surface area contributed by atoms with Crippen LogP contribution >= 0.6 is 0 Å². The summed E-state index contributed by atoms with van der Waals surface area (Å²) in [7, 11) is 1.62. The fourth-order valence-electron chi connectivity index (χ4n) is 3.70. The largest absolute Gasteiger partial charge is 0.497 e. The molecule has 1 N–H and O–H groups in total. The second kappa shape index (κ2) is 9.59. The van der Waals surface area contributed by atoms with Crippen molar-refractivity contribution < 1.29 is 14.3 Å². The molecule has 2 atom stereocenters. The maximum Gasteiger partial charge on any atom is 0.225 e. The zero-order valence-electron chi connectivity index (χ0n) is 17.4. The van der Waals surface area contributed by atoms with Crippen molar-refractivity contribution in [3.05, 3.63) is 65.7 Å². The van der Waals surface area contributed by atoms with E-state index < -0.39 is 0 Å². The Balaban J connectivity index is 1.78. The summed E-state index contributed by atoms with van der Waals surface area (Å²) in [5.74, 6) is 1.23. The van der Waals surface area contributed by atoms with Crippen molar-refractivity contribution in [1.29, 1.82) is 0 Å². The molecule has 2 aromatic rings. The summed E-state index contributed by atoms with van der Waals surface area (Å²) in [6, 6.07) is 17.4. The Kier molecular flexibility index (Phi) is 6.91. The number of nitrogens with one attached hydrogen (secondary N) is 1. The van der Waals surface area contributed by atoms with Crippen LogP contribution in [0.2, 0.25) is 0 Å². The molecule has 0 radical (unpaired) electrons. The Morgan fingerprint density at radius 3 is 2.31 bits per heavy atom. The normalized spacial score (nSPS) is 15.3. The van der Waals surface area contributed by atoms with Gasteiger partial charge in [-0.25, -0.2) is 0 Å². The van der Waals surface area contributed by atoms with E-state index in [0.29, 0.717) is 12.5 Å². The van der Waals surface area contributed by atoms with Gasteiger partial charge < -0.3 is 15.0 Å². The number of ether oxygens (including phenoxy) is 1. The third-order valence-electron chi connectivity index (χ3n) is 5.59. The fraction of sp³-hybridized carbons (Fsp3) is 0.417. The van der Waals surface area contributed by atoms with Gasteiger partial charge in [-0.2, -0.15) is 0 Å². The van der Waals surface area contributed by atoms with Gasteiger partial charge in [-0.1, -0.05) is 42.5 Å². The van der Waals surface area contributed by atoms with Crippen LogP contribution in [0.3, 0.4) is 0 Å². The first kappa shape index (κ1) is 20.9. The summed E-state index contributed by atoms with van der Waals surface area (Å²) >= 11 is 0. The van der Waals surface area contributed by atoms with E-state index in [2.05, 4.69) is 24.4 Å². The van der Waals surface area contributed by atoms with Gasteiger partial charge in [0.25, 0.3) is 0 Å². The maximum atomic E-state index is 13.4. The van der Waals surface area contributed by atoms with Crippen LogP contribution in [0.1, 0.15) is 50.3 Å². The molecule has 0 saturated heterocycles. The first-order valence-electron chi connectivity index (χ1n) is 10.2. The predicted molar refractivity (Wildman–Crippen MR) is 113 cm³/mol. The molecule has 2 amide bonds. The molecule has 0 aromatic heterocycles.